The van der Waals surface area contributed by atoms with Gasteiger partial charge in [-0.25, -0.2) is 8.42 Å². The minimum atomic E-state index is -3.14. The largest absolute Gasteiger partial charge is 0.493 e. The Labute approximate surface area is 159 Å². The number of benzene rings is 1. The fourth-order valence-corrected chi connectivity index (χ4v) is 4.91. The molecule has 2 atom stereocenters. The molecular formula is C18H26N2O6S. The predicted molar refractivity (Wildman–Crippen MR) is 101 cm³/mol. The van der Waals surface area contributed by atoms with Crippen LogP contribution in [0.2, 0.25) is 0 Å². The van der Waals surface area contributed by atoms with Crippen LogP contribution in [0, 0.1) is 0 Å². The first kappa shape index (κ1) is 21.0. The number of nitrogens with one attached hydrogen (secondary N) is 1. The molecule has 0 saturated carbocycles. The lowest BCUT2D eigenvalue weighted by Crippen LogP contribution is -2.48. The Morgan fingerprint density at radius 3 is 2.44 bits per heavy atom. The van der Waals surface area contributed by atoms with Gasteiger partial charge >= 0.3 is 11.8 Å². The normalized spacial score (nSPS) is 19.2. The van der Waals surface area contributed by atoms with Crippen molar-refractivity contribution in [2.45, 2.75) is 32.4 Å². The van der Waals surface area contributed by atoms with Gasteiger partial charge in [-0.1, -0.05) is 6.07 Å². The van der Waals surface area contributed by atoms with Crippen molar-refractivity contribution in [2.24, 2.45) is 0 Å². The molecule has 1 aliphatic rings. The number of hydrogen-bond acceptors (Lipinski definition) is 6. The third-order valence-electron chi connectivity index (χ3n) is 4.70. The highest BCUT2D eigenvalue weighted by atomic mass is 32.2. The van der Waals surface area contributed by atoms with E-state index in [9.17, 15) is 18.0 Å². The molecule has 1 aromatic carbocycles. The van der Waals surface area contributed by atoms with Gasteiger partial charge in [-0.3, -0.25) is 9.59 Å². The highest BCUT2D eigenvalue weighted by molar-refractivity contribution is 7.91. The summed E-state index contributed by atoms with van der Waals surface area (Å²) in [6.07, 6.45) is 0.362. The second kappa shape index (κ2) is 8.60. The van der Waals surface area contributed by atoms with E-state index in [1.54, 1.807) is 32.0 Å². The van der Waals surface area contributed by atoms with Gasteiger partial charge in [-0.05, 0) is 38.0 Å². The molecule has 0 aromatic heterocycles. The molecule has 9 heteroatoms. The number of nitrogens with zero attached hydrogens (tertiary/aromatic N) is 1. The van der Waals surface area contributed by atoms with E-state index in [1.165, 1.54) is 19.1 Å². The summed E-state index contributed by atoms with van der Waals surface area (Å²) in [5, 5.41) is 2.67. The molecule has 1 N–H and O–H groups in total. The number of carbonyl (C=O) groups excluding carboxylic acids is 2. The van der Waals surface area contributed by atoms with Gasteiger partial charge in [0.15, 0.2) is 21.3 Å². The number of rotatable bonds is 6. The summed E-state index contributed by atoms with van der Waals surface area (Å²) in [6, 6.07) is 4.34. The van der Waals surface area contributed by atoms with Gasteiger partial charge in [-0.2, -0.15) is 0 Å². The van der Waals surface area contributed by atoms with E-state index in [0.717, 1.165) is 5.56 Å². The monoisotopic (exact) mass is 398 g/mol. The SMILES string of the molecule is CCN(C(=O)C(=O)NC(C)c1ccc(OC)c(OC)c1)C1CCS(=O)(=O)C1. The van der Waals surface area contributed by atoms with Gasteiger partial charge in [0.25, 0.3) is 0 Å². The number of ether oxygens (including phenoxy) is 2. The molecule has 2 unspecified atom stereocenters. The summed E-state index contributed by atoms with van der Waals surface area (Å²) in [7, 11) is -0.0928. The fraction of sp³-hybridized carbons (Fsp3) is 0.556. The van der Waals surface area contributed by atoms with Crippen molar-refractivity contribution >= 4 is 21.7 Å². The van der Waals surface area contributed by atoms with E-state index < -0.39 is 33.7 Å². The molecule has 0 aliphatic carbocycles. The quantitative estimate of drug-likeness (QED) is 0.715. The van der Waals surface area contributed by atoms with E-state index in [-0.39, 0.29) is 18.1 Å². The van der Waals surface area contributed by atoms with Crippen LogP contribution in [0.5, 0.6) is 11.5 Å². The van der Waals surface area contributed by atoms with Gasteiger partial charge in [0.05, 0.1) is 31.8 Å². The standard InChI is InChI=1S/C18H26N2O6S/c1-5-20(14-8-9-27(23,24)11-14)18(22)17(21)19-12(2)13-6-7-15(25-3)16(10-13)26-4/h6-7,10,12,14H,5,8-9,11H2,1-4H3,(H,19,21). The summed E-state index contributed by atoms with van der Waals surface area (Å²) in [5.74, 6) is -0.435. The summed E-state index contributed by atoms with van der Waals surface area (Å²) < 4.78 is 33.8. The maximum absolute atomic E-state index is 12.5. The minimum absolute atomic E-state index is 0.0467. The second-order valence-electron chi connectivity index (χ2n) is 6.46. The topological polar surface area (TPSA) is 102 Å². The summed E-state index contributed by atoms with van der Waals surface area (Å²) in [5.41, 5.74) is 0.750. The average molecular weight is 398 g/mol. The Kier molecular flexibility index (Phi) is 6.69. The van der Waals surface area contributed by atoms with Crippen molar-refractivity contribution in [1.29, 1.82) is 0 Å². The van der Waals surface area contributed by atoms with E-state index in [1.807, 2.05) is 0 Å². The molecule has 0 spiro atoms. The van der Waals surface area contributed by atoms with Gasteiger partial charge in [0, 0.05) is 12.6 Å². The predicted octanol–water partition coefficient (Wildman–Crippen LogP) is 0.917. The molecule has 1 aliphatic heterocycles. The van der Waals surface area contributed by atoms with E-state index in [4.69, 9.17) is 9.47 Å². The molecule has 1 heterocycles. The van der Waals surface area contributed by atoms with Gasteiger partial charge in [0.2, 0.25) is 0 Å². The third-order valence-corrected chi connectivity index (χ3v) is 6.45. The Balaban J connectivity index is 2.07. The first-order valence-electron chi connectivity index (χ1n) is 8.76. The molecule has 150 valence electrons. The van der Waals surface area contributed by atoms with E-state index >= 15 is 0 Å². The van der Waals surface area contributed by atoms with Crippen LogP contribution in [0.15, 0.2) is 18.2 Å². The van der Waals surface area contributed by atoms with Crippen LogP contribution in [0.1, 0.15) is 31.9 Å². The van der Waals surface area contributed by atoms with Crippen molar-refractivity contribution in [3.05, 3.63) is 23.8 Å². The Hall–Kier alpha value is -2.29. The maximum atomic E-state index is 12.5. The molecule has 1 aromatic rings. The average Bonchev–Trinajstić information content (AvgIpc) is 3.00. The summed E-state index contributed by atoms with van der Waals surface area (Å²) >= 11 is 0. The summed E-state index contributed by atoms with van der Waals surface area (Å²) in [4.78, 5) is 26.3. The van der Waals surface area contributed by atoms with Crippen LogP contribution in [0.3, 0.4) is 0 Å². The van der Waals surface area contributed by atoms with Crippen molar-refractivity contribution < 1.29 is 27.5 Å². The number of hydrogen-bond donors (Lipinski definition) is 1. The summed E-state index contributed by atoms with van der Waals surface area (Å²) in [6.45, 7) is 3.76. The van der Waals surface area contributed by atoms with Crippen LogP contribution in [0.4, 0.5) is 0 Å². The smallest absolute Gasteiger partial charge is 0.312 e. The van der Waals surface area contributed by atoms with Crippen molar-refractivity contribution in [3.8, 4) is 11.5 Å². The molecule has 1 fully saturated rings. The van der Waals surface area contributed by atoms with E-state index in [2.05, 4.69) is 5.32 Å². The lowest BCUT2D eigenvalue weighted by molar-refractivity contribution is -0.147. The first-order chi connectivity index (χ1) is 12.7. The van der Waals surface area contributed by atoms with Crippen LogP contribution in [0.25, 0.3) is 0 Å². The molecule has 2 amide bonds. The first-order valence-corrected chi connectivity index (χ1v) is 10.6. The third kappa shape index (κ3) is 4.91. The van der Waals surface area contributed by atoms with Crippen LogP contribution in [-0.2, 0) is 19.4 Å². The molecular weight excluding hydrogens is 372 g/mol. The van der Waals surface area contributed by atoms with Crippen LogP contribution < -0.4 is 14.8 Å². The lowest BCUT2D eigenvalue weighted by Gasteiger charge is -2.27. The van der Waals surface area contributed by atoms with Gasteiger partial charge in [-0.15, -0.1) is 0 Å². The molecule has 0 radical (unpaired) electrons. The molecule has 27 heavy (non-hydrogen) atoms. The highest BCUT2D eigenvalue weighted by Crippen LogP contribution is 2.29. The highest BCUT2D eigenvalue weighted by Gasteiger charge is 2.36. The maximum Gasteiger partial charge on any atom is 0.312 e. The Morgan fingerprint density at radius 2 is 1.93 bits per heavy atom. The van der Waals surface area contributed by atoms with E-state index in [0.29, 0.717) is 17.9 Å². The lowest BCUT2D eigenvalue weighted by atomic mass is 10.1. The number of amides is 2. The number of methoxy groups -OCH3 is 2. The zero-order chi connectivity index (χ0) is 20.2. The number of sulfone groups is 1. The van der Waals surface area contributed by atoms with Crippen molar-refractivity contribution in [1.82, 2.24) is 10.2 Å². The molecule has 0 bridgehead atoms. The van der Waals surface area contributed by atoms with Crippen LogP contribution in [-0.4, -0.2) is 63.4 Å². The van der Waals surface area contributed by atoms with Crippen molar-refractivity contribution in [2.75, 3.05) is 32.3 Å². The number of likely N-dealkylation sites (N-methyl/N-ethyl adjacent to an activating group) is 1. The minimum Gasteiger partial charge on any atom is -0.493 e. The Morgan fingerprint density at radius 1 is 1.26 bits per heavy atom. The molecule has 8 nitrogen and oxygen atoms in total. The fourth-order valence-electron chi connectivity index (χ4n) is 3.18. The molecule has 1 saturated heterocycles. The zero-order valence-electron chi connectivity index (χ0n) is 16.0. The Bertz CT molecular complexity index is 808. The second-order valence-corrected chi connectivity index (χ2v) is 8.69. The number of carbonyl (C=O) groups is 2. The molecule has 2 rings (SSSR count). The van der Waals surface area contributed by atoms with Gasteiger partial charge in [0.1, 0.15) is 0 Å². The van der Waals surface area contributed by atoms with Crippen LogP contribution >= 0.6 is 0 Å². The van der Waals surface area contributed by atoms with Crippen molar-refractivity contribution in [3.63, 3.8) is 0 Å². The van der Waals surface area contributed by atoms with Gasteiger partial charge < -0.3 is 19.7 Å². The zero-order valence-corrected chi connectivity index (χ0v) is 16.8.